The lowest BCUT2D eigenvalue weighted by Gasteiger charge is -2.26. The molecular weight excluding hydrogens is 196 g/mol. The number of likely N-dealkylation sites (N-methyl/N-ethyl adjacent to an activating group) is 1. The molecule has 1 unspecified atom stereocenters. The topological polar surface area (TPSA) is 15.3 Å². The Hall–Kier alpha value is -0.0800. The number of rotatable bonds is 6. The van der Waals surface area contributed by atoms with E-state index in [4.69, 9.17) is 0 Å². The largest absolute Gasteiger partial charge is 0.310 e. The Morgan fingerprint density at radius 3 is 2.06 bits per heavy atom. The quantitative estimate of drug-likeness (QED) is 0.749. The first-order valence-electron chi connectivity index (χ1n) is 6.92. The van der Waals surface area contributed by atoms with Crippen LogP contribution in [0.3, 0.4) is 0 Å². The van der Waals surface area contributed by atoms with Gasteiger partial charge in [-0.25, -0.2) is 0 Å². The summed E-state index contributed by atoms with van der Waals surface area (Å²) in [5, 5.41) is 3.87. The molecule has 1 aliphatic rings. The summed E-state index contributed by atoms with van der Waals surface area (Å²) in [4.78, 5) is 2.43. The Labute approximate surface area is 102 Å². The zero-order chi connectivity index (χ0) is 12.1. The van der Waals surface area contributed by atoms with Crippen molar-refractivity contribution < 1.29 is 0 Å². The van der Waals surface area contributed by atoms with Crippen LogP contribution in [0.5, 0.6) is 0 Å². The van der Waals surface area contributed by atoms with E-state index in [-0.39, 0.29) is 0 Å². The molecule has 0 spiro atoms. The molecule has 1 atom stereocenters. The smallest absolute Gasteiger partial charge is 0.0209 e. The van der Waals surface area contributed by atoms with E-state index in [0.29, 0.717) is 0 Å². The molecule has 0 aliphatic carbocycles. The molecule has 1 aliphatic heterocycles. The molecule has 1 N–H and O–H groups in total. The maximum Gasteiger partial charge on any atom is 0.0209 e. The van der Waals surface area contributed by atoms with Gasteiger partial charge >= 0.3 is 0 Å². The molecule has 2 nitrogen and oxygen atoms in total. The molecule has 1 rings (SSSR count). The zero-order valence-electron chi connectivity index (χ0n) is 11.8. The average Bonchev–Trinajstić information content (AvgIpc) is 2.48. The number of hydrogen-bond donors (Lipinski definition) is 1. The van der Waals surface area contributed by atoms with Crippen LogP contribution in [0.2, 0.25) is 0 Å². The zero-order valence-corrected chi connectivity index (χ0v) is 11.8. The van der Waals surface area contributed by atoms with Gasteiger partial charge < -0.3 is 10.2 Å². The van der Waals surface area contributed by atoms with Gasteiger partial charge in [0, 0.05) is 18.6 Å². The van der Waals surface area contributed by atoms with E-state index < -0.39 is 0 Å². The first kappa shape index (κ1) is 14.0. The van der Waals surface area contributed by atoms with Gasteiger partial charge in [-0.1, -0.05) is 27.7 Å². The second-order valence-corrected chi connectivity index (χ2v) is 6.37. The Balaban J connectivity index is 2.36. The summed E-state index contributed by atoms with van der Waals surface area (Å²) in [5.74, 6) is 1.60. The Morgan fingerprint density at radius 1 is 1.12 bits per heavy atom. The van der Waals surface area contributed by atoms with Crippen LogP contribution < -0.4 is 5.32 Å². The normalized spacial score (nSPS) is 22.9. The highest BCUT2D eigenvalue weighted by atomic mass is 15.2. The lowest BCUT2D eigenvalue weighted by atomic mass is 9.95. The number of nitrogens with one attached hydrogen (secondary N) is 1. The third-order valence-corrected chi connectivity index (χ3v) is 3.37. The maximum atomic E-state index is 3.87. The van der Waals surface area contributed by atoms with Crippen LogP contribution in [0.25, 0.3) is 0 Å². The minimum atomic E-state index is 0.719. The molecule has 0 bridgehead atoms. The molecule has 0 saturated carbocycles. The molecule has 1 fully saturated rings. The van der Waals surface area contributed by atoms with Crippen molar-refractivity contribution in [2.75, 3.05) is 20.1 Å². The summed E-state index contributed by atoms with van der Waals surface area (Å²) in [6.07, 6.45) is 3.96. The van der Waals surface area contributed by atoms with E-state index >= 15 is 0 Å². The van der Waals surface area contributed by atoms with Crippen molar-refractivity contribution in [2.45, 2.75) is 59.0 Å². The predicted molar refractivity (Wildman–Crippen MR) is 71.7 cm³/mol. The highest BCUT2D eigenvalue weighted by Crippen LogP contribution is 2.16. The molecule has 0 aromatic rings. The SMILES string of the molecule is CC(C)CC(CC(C)C)NC1CCN(C)C1. The minimum absolute atomic E-state index is 0.719. The van der Waals surface area contributed by atoms with Gasteiger partial charge in [-0.05, 0) is 44.7 Å². The van der Waals surface area contributed by atoms with Crippen molar-refractivity contribution in [3.05, 3.63) is 0 Å². The highest BCUT2D eigenvalue weighted by Gasteiger charge is 2.23. The Morgan fingerprint density at radius 2 is 1.69 bits per heavy atom. The Kier molecular flexibility index (Phi) is 5.77. The molecule has 96 valence electrons. The van der Waals surface area contributed by atoms with Crippen LogP contribution in [0.15, 0.2) is 0 Å². The van der Waals surface area contributed by atoms with Crippen LogP contribution in [0, 0.1) is 11.8 Å². The highest BCUT2D eigenvalue weighted by molar-refractivity contribution is 4.83. The molecule has 2 heteroatoms. The van der Waals surface area contributed by atoms with E-state index in [1.807, 2.05) is 0 Å². The molecule has 0 radical (unpaired) electrons. The molecule has 0 aromatic heterocycles. The first-order valence-corrected chi connectivity index (χ1v) is 6.92. The lowest BCUT2D eigenvalue weighted by Crippen LogP contribution is -2.41. The van der Waals surface area contributed by atoms with Gasteiger partial charge in [-0.3, -0.25) is 0 Å². The molecule has 0 aromatic carbocycles. The molecule has 0 amide bonds. The minimum Gasteiger partial charge on any atom is -0.310 e. The number of hydrogen-bond acceptors (Lipinski definition) is 2. The van der Waals surface area contributed by atoms with Crippen LogP contribution >= 0.6 is 0 Å². The predicted octanol–water partition coefficient (Wildman–Crippen LogP) is 2.74. The van der Waals surface area contributed by atoms with Gasteiger partial charge in [-0.15, -0.1) is 0 Å². The van der Waals surface area contributed by atoms with E-state index in [0.717, 1.165) is 23.9 Å². The molecule has 16 heavy (non-hydrogen) atoms. The summed E-state index contributed by atoms with van der Waals surface area (Å²) < 4.78 is 0. The summed E-state index contributed by atoms with van der Waals surface area (Å²) in [6, 6.07) is 1.45. The third kappa shape index (κ3) is 5.31. The van der Waals surface area contributed by atoms with Crippen molar-refractivity contribution in [1.82, 2.24) is 10.2 Å². The average molecular weight is 226 g/mol. The van der Waals surface area contributed by atoms with Crippen LogP contribution in [-0.4, -0.2) is 37.1 Å². The van der Waals surface area contributed by atoms with Crippen molar-refractivity contribution in [3.8, 4) is 0 Å². The van der Waals surface area contributed by atoms with Gasteiger partial charge in [0.15, 0.2) is 0 Å². The number of likely N-dealkylation sites (tertiary alicyclic amines) is 1. The van der Waals surface area contributed by atoms with Crippen LogP contribution in [0.1, 0.15) is 47.0 Å². The van der Waals surface area contributed by atoms with Crippen LogP contribution in [0.4, 0.5) is 0 Å². The van der Waals surface area contributed by atoms with E-state index in [9.17, 15) is 0 Å². The lowest BCUT2D eigenvalue weighted by molar-refractivity contribution is 0.319. The van der Waals surface area contributed by atoms with Crippen LogP contribution in [-0.2, 0) is 0 Å². The summed E-state index contributed by atoms with van der Waals surface area (Å²) in [7, 11) is 2.22. The second-order valence-electron chi connectivity index (χ2n) is 6.37. The van der Waals surface area contributed by atoms with E-state index in [1.54, 1.807) is 0 Å². The molecule has 1 saturated heterocycles. The Bertz CT molecular complexity index is 179. The van der Waals surface area contributed by atoms with Crippen molar-refractivity contribution >= 4 is 0 Å². The second kappa shape index (κ2) is 6.61. The fourth-order valence-electron chi connectivity index (χ4n) is 2.77. The third-order valence-electron chi connectivity index (χ3n) is 3.37. The monoisotopic (exact) mass is 226 g/mol. The maximum absolute atomic E-state index is 3.87. The fraction of sp³-hybridized carbons (Fsp3) is 1.00. The molecule has 1 heterocycles. The van der Waals surface area contributed by atoms with Gasteiger partial charge in [0.1, 0.15) is 0 Å². The summed E-state index contributed by atoms with van der Waals surface area (Å²) in [6.45, 7) is 11.8. The summed E-state index contributed by atoms with van der Waals surface area (Å²) in [5.41, 5.74) is 0. The van der Waals surface area contributed by atoms with E-state index in [1.165, 1.54) is 32.4 Å². The van der Waals surface area contributed by atoms with Crippen molar-refractivity contribution in [2.24, 2.45) is 11.8 Å². The van der Waals surface area contributed by atoms with Crippen molar-refractivity contribution in [3.63, 3.8) is 0 Å². The van der Waals surface area contributed by atoms with Gasteiger partial charge in [0.2, 0.25) is 0 Å². The van der Waals surface area contributed by atoms with Gasteiger partial charge in [-0.2, -0.15) is 0 Å². The summed E-state index contributed by atoms with van der Waals surface area (Å²) >= 11 is 0. The van der Waals surface area contributed by atoms with Gasteiger partial charge in [0.25, 0.3) is 0 Å². The van der Waals surface area contributed by atoms with Gasteiger partial charge in [0.05, 0.1) is 0 Å². The van der Waals surface area contributed by atoms with E-state index in [2.05, 4.69) is 45.0 Å². The van der Waals surface area contributed by atoms with Crippen molar-refractivity contribution in [1.29, 1.82) is 0 Å². The number of nitrogens with zero attached hydrogens (tertiary/aromatic N) is 1. The first-order chi connectivity index (χ1) is 7.47. The standard InChI is InChI=1S/C14H30N2/c1-11(2)8-14(9-12(3)4)15-13-6-7-16(5)10-13/h11-15H,6-10H2,1-5H3. The molecular formula is C14H30N2. The fourth-order valence-corrected chi connectivity index (χ4v) is 2.77.